The summed E-state index contributed by atoms with van der Waals surface area (Å²) >= 11 is 5.96. The van der Waals surface area contributed by atoms with Gasteiger partial charge in [-0.2, -0.15) is 8.78 Å². The smallest absolute Gasteiger partial charge is 0.387 e. The van der Waals surface area contributed by atoms with Crippen LogP contribution in [0.3, 0.4) is 0 Å². The van der Waals surface area contributed by atoms with E-state index >= 15 is 0 Å². The van der Waals surface area contributed by atoms with E-state index < -0.39 is 18.1 Å². The monoisotopic (exact) mass is 442 g/mol. The van der Waals surface area contributed by atoms with Crippen molar-refractivity contribution in [2.24, 2.45) is 0 Å². The average molecular weight is 443 g/mol. The first-order chi connectivity index (χ1) is 14.0. The Labute approximate surface area is 176 Å². The number of aliphatic hydroxyl groups is 1. The number of carbonyl (C=O) groups excluding carboxylic acids is 2. The lowest BCUT2D eigenvalue weighted by molar-refractivity contribution is -0.149. The second-order valence-electron chi connectivity index (χ2n) is 7.36. The topological polar surface area (TPSA) is 95.0 Å². The number of nitrogens with one attached hydrogen (secondary N) is 1. The van der Waals surface area contributed by atoms with E-state index in [1.54, 1.807) is 16.0 Å². The molecule has 0 aliphatic carbocycles. The van der Waals surface area contributed by atoms with Crippen molar-refractivity contribution in [3.63, 3.8) is 0 Å². The molecule has 2 heterocycles. The van der Waals surface area contributed by atoms with Gasteiger partial charge >= 0.3 is 6.61 Å². The third-order valence-electron chi connectivity index (χ3n) is 4.56. The van der Waals surface area contributed by atoms with E-state index in [9.17, 15) is 23.5 Å². The molecule has 0 unspecified atom stereocenters. The zero-order chi connectivity index (χ0) is 22.1. The normalized spacial score (nSPS) is 15.5. The fourth-order valence-corrected chi connectivity index (χ4v) is 3.27. The largest absolute Gasteiger partial charge is 0.433 e. The van der Waals surface area contributed by atoms with Gasteiger partial charge in [-0.05, 0) is 26.0 Å². The molecule has 1 aliphatic rings. The second-order valence-corrected chi connectivity index (χ2v) is 7.76. The Morgan fingerprint density at radius 1 is 1.23 bits per heavy atom. The number of benzene rings is 1. The molecule has 0 saturated carbocycles. The van der Waals surface area contributed by atoms with Gasteiger partial charge in [-0.15, -0.1) is 0 Å². The summed E-state index contributed by atoms with van der Waals surface area (Å²) in [6, 6.07) is 4.23. The maximum atomic E-state index is 12.6. The first-order valence-corrected chi connectivity index (χ1v) is 9.54. The highest BCUT2D eigenvalue weighted by Crippen LogP contribution is 2.30. The van der Waals surface area contributed by atoms with Crippen LogP contribution in [0.5, 0.6) is 5.75 Å². The highest BCUT2D eigenvalue weighted by molar-refractivity contribution is 6.32. The summed E-state index contributed by atoms with van der Waals surface area (Å²) in [5.74, 6) is -0.961. The molecule has 3 rings (SSSR count). The van der Waals surface area contributed by atoms with Crippen LogP contribution in [-0.4, -0.2) is 70.2 Å². The zero-order valence-corrected chi connectivity index (χ0v) is 17.1. The fourth-order valence-electron chi connectivity index (χ4n) is 3.06. The molecule has 1 fully saturated rings. The molecular formula is C19H21ClF2N4O4. The number of nitrogens with zero attached hydrogens (tertiary/aromatic N) is 3. The highest BCUT2D eigenvalue weighted by Gasteiger charge is 2.31. The summed E-state index contributed by atoms with van der Waals surface area (Å²) in [6.07, 6.45) is 1.33. The van der Waals surface area contributed by atoms with E-state index in [2.05, 4.69) is 15.1 Å². The first-order valence-electron chi connectivity index (χ1n) is 9.16. The minimum absolute atomic E-state index is 0.0187. The number of hydrogen-bond donors (Lipinski definition) is 2. The fraction of sp³-hybridized carbons (Fsp3) is 0.421. The molecule has 1 aromatic heterocycles. The van der Waals surface area contributed by atoms with Crippen LogP contribution < -0.4 is 10.2 Å². The molecule has 1 aliphatic heterocycles. The van der Waals surface area contributed by atoms with Gasteiger partial charge in [-0.1, -0.05) is 11.6 Å². The summed E-state index contributed by atoms with van der Waals surface area (Å²) in [5.41, 5.74) is 1.92. The van der Waals surface area contributed by atoms with Crippen LogP contribution in [0, 0.1) is 0 Å². The summed E-state index contributed by atoms with van der Waals surface area (Å²) in [7, 11) is 0. The predicted molar refractivity (Wildman–Crippen MR) is 105 cm³/mol. The molecule has 2 aromatic rings. The van der Waals surface area contributed by atoms with Crippen molar-refractivity contribution >= 4 is 34.3 Å². The lowest BCUT2D eigenvalue weighted by Crippen LogP contribution is -2.57. The molecule has 11 heteroatoms. The molecule has 2 N–H and O–H groups in total. The maximum absolute atomic E-state index is 12.6. The number of amides is 2. The first kappa shape index (κ1) is 22.1. The van der Waals surface area contributed by atoms with Gasteiger partial charge in [0.05, 0.1) is 16.1 Å². The SMILES string of the molecule is CC(C)(O)C(=O)N1CCN(NC(=O)c2cnc3cc(OC(F)F)c(Cl)cc3c2)CC1. The lowest BCUT2D eigenvalue weighted by atomic mass is 10.1. The van der Waals surface area contributed by atoms with Crippen LogP contribution in [0.4, 0.5) is 8.78 Å². The Morgan fingerprint density at radius 2 is 1.90 bits per heavy atom. The van der Waals surface area contributed by atoms with E-state index in [-0.39, 0.29) is 22.2 Å². The van der Waals surface area contributed by atoms with Gasteiger partial charge in [0, 0.05) is 43.8 Å². The van der Waals surface area contributed by atoms with Crippen LogP contribution >= 0.6 is 11.6 Å². The van der Waals surface area contributed by atoms with Crippen LogP contribution in [0.1, 0.15) is 24.2 Å². The molecule has 0 radical (unpaired) electrons. The number of carbonyl (C=O) groups is 2. The number of piperazine rings is 1. The van der Waals surface area contributed by atoms with Gasteiger partial charge in [0.2, 0.25) is 0 Å². The molecule has 2 amide bonds. The minimum atomic E-state index is -3.01. The van der Waals surface area contributed by atoms with Crippen molar-refractivity contribution in [3.05, 3.63) is 35.0 Å². The molecule has 162 valence electrons. The maximum Gasteiger partial charge on any atom is 0.387 e. The van der Waals surface area contributed by atoms with Gasteiger partial charge in [-0.3, -0.25) is 20.0 Å². The molecule has 1 saturated heterocycles. The van der Waals surface area contributed by atoms with Gasteiger partial charge in [0.1, 0.15) is 11.4 Å². The standard InChI is InChI=1S/C19H21ClF2N4O4/c1-19(2,29)17(28)25-3-5-26(6-4-25)24-16(27)12-7-11-8-13(20)15(30-18(21)22)9-14(11)23-10-12/h7-10,18,29H,3-6H2,1-2H3,(H,24,27). The van der Waals surface area contributed by atoms with Crippen LogP contribution in [0.25, 0.3) is 10.9 Å². The molecule has 30 heavy (non-hydrogen) atoms. The van der Waals surface area contributed by atoms with E-state index in [0.717, 1.165) is 0 Å². The van der Waals surface area contributed by atoms with E-state index in [1.807, 2.05) is 0 Å². The Balaban J connectivity index is 1.65. The van der Waals surface area contributed by atoms with E-state index in [4.69, 9.17) is 11.6 Å². The summed E-state index contributed by atoms with van der Waals surface area (Å²) < 4.78 is 29.2. The molecule has 0 bridgehead atoms. The third-order valence-corrected chi connectivity index (χ3v) is 4.86. The summed E-state index contributed by atoms with van der Waals surface area (Å²) in [6.45, 7) is 1.38. The van der Waals surface area contributed by atoms with Crippen LogP contribution in [0.2, 0.25) is 5.02 Å². The molecular weight excluding hydrogens is 422 g/mol. The van der Waals surface area contributed by atoms with E-state index in [0.29, 0.717) is 37.1 Å². The Morgan fingerprint density at radius 3 is 2.50 bits per heavy atom. The highest BCUT2D eigenvalue weighted by atomic mass is 35.5. The number of hydrogen-bond acceptors (Lipinski definition) is 6. The number of ether oxygens (including phenoxy) is 1. The Kier molecular flexibility index (Phi) is 6.39. The molecule has 0 atom stereocenters. The average Bonchev–Trinajstić information content (AvgIpc) is 2.67. The number of halogens is 3. The van der Waals surface area contributed by atoms with E-state index in [1.165, 1.54) is 32.2 Å². The van der Waals surface area contributed by atoms with Crippen molar-refractivity contribution in [1.82, 2.24) is 20.3 Å². The third kappa shape index (κ3) is 5.13. The molecule has 8 nitrogen and oxygen atoms in total. The van der Waals surface area contributed by atoms with Crippen molar-refractivity contribution in [3.8, 4) is 5.75 Å². The number of alkyl halides is 2. The number of rotatable bonds is 5. The Bertz CT molecular complexity index is 959. The second kappa shape index (κ2) is 8.66. The minimum Gasteiger partial charge on any atom is -0.433 e. The van der Waals surface area contributed by atoms with Gasteiger partial charge in [0.25, 0.3) is 11.8 Å². The number of fused-ring (bicyclic) bond motifs is 1. The van der Waals surface area contributed by atoms with Gasteiger partial charge in [-0.25, -0.2) is 5.01 Å². The summed E-state index contributed by atoms with van der Waals surface area (Å²) in [4.78, 5) is 30.3. The lowest BCUT2D eigenvalue weighted by Gasteiger charge is -2.37. The number of hydrazine groups is 1. The number of pyridine rings is 1. The predicted octanol–water partition coefficient (Wildman–Crippen LogP) is 2.05. The zero-order valence-electron chi connectivity index (χ0n) is 16.4. The molecule has 1 aromatic carbocycles. The number of aromatic nitrogens is 1. The van der Waals surface area contributed by atoms with Gasteiger partial charge < -0.3 is 14.7 Å². The summed E-state index contributed by atoms with van der Waals surface area (Å²) in [5, 5.41) is 12.0. The van der Waals surface area contributed by atoms with Gasteiger partial charge in [0.15, 0.2) is 0 Å². The Hall–Kier alpha value is -2.56. The van der Waals surface area contributed by atoms with Crippen molar-refractivity contribution in [2.45, 2.75) is 26.1 Å². The van der Waals surface area contributed by atoms with Crippen LogP contribution in [0.15, 0.2) is 24.4 Å². The van der Waals surface area contributed by atoms with Crippen molar-refractivity contribution in [1.29, 1.82) is 0 Å². The van der Waals surface area contributed by atoms with Crippen molar-refractivity contribution < 1.29 is 28.2 Å². The molecule has 0 spiro atoms. The quantitative estimate of drug-likeness (QED) is 0.736. The van der Waals surface area contributed by atoms with Crippen LogP contribution in [-0.2, 0) is 4.79 Å². The van der Waals surface area contributed by atoms with Crippen molar-refractivity contribution in [2.75, 3.05) is 26.2 Å².